The van der Waals surface area contributed by atoms with Gasteiger partial charge in [-0.3, -0.25) is 4.79 Å². The molecule has 0 aromatic heterocycles. The second-order valence-electron chi connectivity index (χ2n) is 9.73. The Bertz CT molecular complexity index is 983. The Balaban J connectivity index is 3.31. The summed E-state index contributed by atoms with van der Waals surface area (Å²) in [6.07, 6.45) is -1.56. The first-order valence-corrected chi connectivity index (χ1v) is 13.5. The van der Waals surface area contributed by atoms with Crippen molar-refractivity contribution in [1.29, 1.82) is 0 Å². The van der Waals surface area contributed by atoms with Gasteiger partial charge in [-0.25, -0.2) is 14.4 Å². The lowest BCUT2D eigenvalue weighted by molar-refractivity contribution is -0.139. The second kappa shape index (κ2) is 17.2. The fourth-order valence-corrected chi connectivity index (χ4v) is 3.63. The third-order valence-corrected chi connectivity index (χ3v) is 6.23. The normalized spacial score (nSPS) is 15.4. The summed E-state index contributed by atoms with van der Waals surface area (Å²) in [7, 11) is 0. The highest BCUT2D eigenvalue weighted by molar-refractivity contribution is 5.75. The lowest BCUT2D eigenvalue weighted by atomic mass is 9.82. The number of ether oxygens (including phenoxy) is 6. The molecule has 0 bridgehead atoms. The van der Waals surface area contributed by atoms with E-state index < -0.39 is 54.5 Å². The topological polar surface area (TPSA) is 170 Å². The minimum Gasteiger partial charge on any atom is -0.480 e. The Morgan fingerprint density at radius 1 is 0.800 bits per heavy atom. The Morgan fingerprint density at radius 3 is 1.82 bits per heavy atom. The van der Waals surface area contributed by atoms with Crippen molar-refractivity contribution in [3.8, 4) is 11.5 Å². The standard InChI is InChI=1S/C28H43NO11/c1-8-11-19(7)38-26(32)35-15-16(4)23(24(29)25(30)31)20-12-13-21(39-27(33)36-17(5)9-2)22(14-20)40-28(34)37-18(6)10-3/h12-14,16-19,23-24H,8-11,15,29H2,1-7H3,(H,30,31)/t16?,17?,18?,19?,23?,24-/m0/s1. The van der Waals surface area contributed by atoms with E-state index in [0.717, 1.165) is 6.42 Å². The third kappa shape index (κ3) is 11.7. The van der Waals surface area contributed by atoms with Crippen LogP contribution in [0.3, 0.4) is 0 Å². The third-order valence-electron chi connectivity index (χ3n) is 6.23. The van der Waals surface area contributed by atoms with Gasteiger partial charge in [0, 0.05) is 5.92 Å². The van der Waals surface area contributed by atoms with Crippen LogP contribution in [-0.2, 0) is 23.7 Å². The molecule has 0 radical (unpaired) electrons. The average molecular weight is 570 g/mol. The summed E-state index contributed by atoms with van der Waals surface area (Å²) in [5.74, 6) is -3.18. The number of hydrogen-bond donors (Lipinski definition) is 2. The van der Waals surface area contributed by atoms with Gasteiger partial charge in [-0.15, -0.1) is 0 Å². The summed E-state index contributed by atoms with van der Waals surface area (Å²) in [6.45, 7) is 12.2. The summed E-state index contributed by atoms with van der Waals surface area (Å²) in [5.41, 5.74) is 6.36. The van der Waals surface area contributed by atoms with Crippen LogP contribution in [-0.4, -0.2) is 60.5 Å². The van der Waals surface area contributed by atoms with E-state index in [0.29, 0.717) is 24.8 Å². The van der Waals surface area contributed by atoms with E-state index in [4.69, 9.17) is 34.2 Å². The Labute approximate surface area is 235 Å². The van der Waals surface area contributed by atoms with Gasteiger partial charge in [-0.1, -0.05) is 40.2 Å². The molecule has 0 saturated heterocycles. The molecule has 1 rings (SSSR count). The van der Waals surface area contributed by atoms with Gasteiger partial charge in [-0.05, 0) is 63.6 Å². The predicted molar refractivity (Wildman–Crippen MR) is 144 cm³/mol. The van der Waals surface area contributed by atoms with Crippen molar-refractivity contribution in [3.63, 3.8) is 0 Å². The van der Waals surface area contributed by atoms with E-state index >= 15 is 0 Å². The minimum atomic E-state index is -1.42. The highest BCUT2D eigenvalue weighted by Gasteiger charge is 2.33. The molecule has 5 unspecified atom stereocenters. The molecule has 226 valence electrons. The molecule has 0 spiro atoms. The molecule has 12 nitrogen and oxygen atoms in total. The number of rotatable bonds is 15. The second-order valence-corrected chi connectivity index (χ2v) is 9.73. The number of carboxylic acids is 1. The lowest BCUT2D eigenvalue weighted by Gasteiger charge is -2.28. The SMILES string of the molecule is CCCC(C)OC(=O)OCC(C)C(c1ccc(OC(=O)OC(C)CC)c(OC(=O)OC(C)CC)c1)[C@H](N)C(=O)O. The molecule has 0 aliphatic carbocycles. The van der Waals surface area contributed by atoms with Crippen molar-refractivity contribution in [1.82, 2.24) is 0 Å². The maximum Gasteiger partial charge on any atom is 0.514 e. The molecule has 6 atom stereocenters. The lowest BCUT2D eigenvalue weighted by Crippen LogP contribution is -2.40. The first-order valence-electron chi connectivity index (χ1n) is 13.5. The van der Waals surface area contributed by atoms with E-state index in [-0.39, 0.29) is 24.2 Å². The van der Waals surface area contributed by atoms with Gasteiger partial charge in [-0.2, -0.15) is 0 Å². The van der Waals surface area contributed by atoms with Crippen LogP contribution in [0.25, 0.3) is 0 Å². The van der Waals surface area contributed by atoms with Crippen LogP contribution >= 0.6 is 0 Å². The van der Waals surface area contributed by atoms with Crippen LogP contribution < -0.4 is 15.2 Å². The molecule has 0 aliphatic heterocycles. The number of aliphatic carboxylic acids is 1. The zero-order valence-electron chi connectivity index (χ0n) is 24.3. The van der Waals surface area contributed by atoms with Crippen LogP contribution in [0.1, 0.15) is 85.6 Å². The van der Waals surface area contributed by atoms with Gasteiger partial charge in [0.05, 0.1) is 6.61 Å². The maximum atomic E-state index is 12.4. The van der Waals surface area contributed by atoms with Gasteiger partial charge in [0.25, 0.3) is 0 Å². The van der Waals surface area contributed by atoms with Gasteiger partial charge in [0.1, 0.15) is 24.4 Å². The number of carbonyl (C=O) groups is 4. The number of carbonyl (C=O) groups excluding carboxylic acids is 3. The first-order chi connectivity index (χ1) is 18.8. The highest BCUT2D eigenvalue weighted by atomic mass is 16.8. The van der Waals surface area contributed by atoms with Crippen LogP contribution in [0.15, 0.2) is 18.2 Å². The molecule has 0 aliphatic rings. The zero-order chi connectivity index (χ0) is 30.4. The van der Waals surface area contributed by atoms with Crippen molar-refractivity contribution in [2.24, 2.45) is 11.7 Å². The first kappa shape index (κ1) is 34.5. The molecule has 1 aromatic rings. The van der Waals surface area contributed by atoms with Crippen molar-refractivity contribution >= 4 is 24.4 Å². The fraction of sp³-hybridized carbons (Fsp3) is 0.643. The van der Waals surface area contributed by atoms with Crippen molar-refractivity contribution in [2.75, 3.05) is 6.61 Å². The molecule has 1 aromatic carbocycles. The Hall–Kier alpha value is -3.54. The van der Waals surface area contributed by atoms with Crippen LogP contribution in [0.2, 0.25) is 0 Å². The highest BCUT2D eigenvalue weighted by Crippen LogP contribution is 2.36. The van der Waals surface area contributed by atoms with Crippen molar-refractivity contribution in [2.45, 2.75) is 104 Å². The predicted octanol–water partition coefficient (Wildman–Crippen LogP) is 5.79. The van der Waals surface area contributed by atoms with Crippen LogP contribution in [0.5, 0.6) is 11.5 Å². The van der Waals surface area contributed by atoms with E-state index in [1.807, 2.05) is 20.8 Å². The molecule has 0 amide bonds. The number of nitrogens with two attached hydrogens (primary N) is 1. The van der Waals surface area contributed by atoms with E-state index in [1.165, 1.54) is 18.2 Å². The molecular weight excluding hydrogens is 526 g/mol. The van der Waals surface area contributed by atoms with Gasteiger partial charge in [0.2, 0.25) is 0 Å². The molecule has 40 heavy (non-hydrogen) atoms. The summed E-state index contributed by atoms with van der Waals surface area (Å²) in [5, 5.41) is 9.69. The number of benzene rings is 1. The van der Waals surface area contributed by atoms with Crippen molar-refractivity contribution < 1.29 is 52.7 Å². The summed E-state index contributed by atoms with van der Waals surface area (Å²) >= 11 is 0. The molecule has 12 heteroatoms. The van der Waals surface area contributed by atoms with Gasteiger partial charge >= 0.3 is 24.4 Å². The van der Waals surface area contributed by atoms with Crippen LogP contribution in [0, 0.1) is 5.92 Å². The molecule has 0 fully saturated rings. The summed E-state index contributed by atoms with van der Waals surface area (Å²) in [4.78, 5) is 48.7. The summed E-state index contributed by atoms with van der Waals surface area (Å²) < 4.78 is 31.3. The Kier molecular flexibility index (Phi) is 14.8. The van der Waals surface area contributed by atoms with E-state index in [9.17, 15) is 24.3 Å². The zero-order valence-corrected chi connectivity index (χ0v) is 24.3. The average Bonchev–Trinajstić information content (AvgIpc) is 2.88. The van der Waals surface area contributed by atoms with Gasteiger partial charge < -0.3 is 39.3 Å². The summed E-state index contributed by atoms with van der Waals surface area (Å²) in [6, 6.07) is 2.71. The maximum absolute atomic E-state index is 12.4. The van der Waals surface area contributed by atoms with E-state index in [1.54, 1.807) is 27.7 Å². The molecule has 0 saturated carbocycles. The fourth-order valence-electron chi connectivity index (χ4n) is 3.63. The monoisotopic (exact) mass is 569 g/mol. The molecular formula is C28H43NO11. The minimum absolute atomic E-state index is 0.154. The largest absolute Gasteiger partial charge is 0.514 e. The molecule has 0 heterocycles. The molecule has 3 N–H and O–H groups in total. The van der Waals surface area contributed by atoms with Crippen molar-refractivity contribution in [3.05, 3.63) is 23.8 Å². The quantitative estimate of drug-likeness (QED) is 0.148. The number of carboxylic acid groups (broad SMARTS) is 1. The Morgan fingerprint density at radius 2 is 1.32 bits per heavy atom. The van der Waals surface area contributed by atoms with E-state index in [2.05, 4.69) is 0 Å². The smallest absolute Gasteiger partial charge is 0.480 e. The van der Waals surface area contributed by atoms with Crippen LogP contribution in [0.4, 0.5) is 14.4 Å². The number of hydrogen-bond acceptors (Lipinski definition) is 11. The van der Waals surface area contributed by atoms with Gasteiger partial charge in [0.15, 0.2) is 11.5 Å².